The number of carbonyl (C=O) groups is 1. The van der Waals surface area contributed by atoms with Gasteiger partial charge in [0.15, 0.2) is 5.69 Å². The number of rotatable bonds is 6. The molecule has 3 atom stereocenters. The SMILES string of the molecule is CN(C)Cc1c(C(=O)N/N=C/C2CC3C=CC2C3)nnn1-c1nonc1N. The fraction of sp³-hybridized carbons (Fsp3) is 0.500. The van der Waals surface area contributed by atoms with Crippen molar-refractivity contribution in [3.05, 3.63) is 23.5 Å². The molecule has 1 amide bonds. The van der Waals surface area contributed by atoms with E-state index in [1.54, 1.807) is 0 Å². The first-order valence-electron chi connectivity index (χ1n) is 8.72. The number of nitrogen functional groups attached to an aromatic ring is 1. The molecule has 11 nitrogen and oxygen atoms in total. The summed E-state index contributed by atoms with van der Waals surface area (Å²) in [6, 6.07) is 0. The summed E-state index contributed by atoms with van der Waals surface area (Å²) in [7, 11) is 3.73. The zero-order valence-electron chi connectivity index (χ0n) is 15.1. The Bertz CT molecular complexity index is 898. The van der Waals surface area contributed by atoms with Gasteiger partial charge in [-0.15, -0.1) is 5.10 Å². The van der Waals surface area contributed by atoms with Gasteiger partial charge >= 0.3 is 0 Å². The number of nitrogens with zero attached hydrogens (tertiary/aromatic N) is 7. The molecule has 1 saturated carbocycles. The van der Waals surface area contributed by atoms with Gasteiger partial charge in [-0.2, -0.15) is 9.78 Å². The standard InChI is InChI=1S/C16H21N9O2/c1-24(2)8-12-13(19-23-25(12)15-14(17)21-27-22-15)16(26)20-18-7-11-6-9-3-4-10(11)5-9/h3-4,7,9-11H,5-6,8H2,1-2H3,(H2,17,21)(H,20,26)/b18-7+. The fourth-order valence-corrected chi connectivity index (χ4v) is 3.67. The van der Waals surface area contributed by atoms with Crippen LogP contribution in [0.15, 0.2) is 21.9 Å². The fourth-order valence-electron chi connectivity index (χ4n) is 3.67. The van der Waals surface area contributed by atoms with Crippen molar-refractivity contribution in [1.29, 1.82) is 0 Å². The van der Waals surface area contributed by atoms with Crippen molar-refractivity contribution in [1.82, 2.24) is 35.6 Å². The molecule has 0 aromatic carbocycles. The molecule has 2 heterocycles. The Morgan fingerprint density at radius 3 is 2.93 bits per heavy atom. The summed E-state index contributed by atoms with van der Waals surface area (Å²) in [5.41, 5.74) is 8.95. The van der Waals surface area contributed by atoms with Gasteiger partial charge in [-0.1, -0.05) is 17.4 Å². The van der Waals surface area contributed by atoms with Crippen molar-refractivity contribution in [3.8, 4) is 5.82 Å². The van der Waals surface area contributed by atoms with Gasteiger partial charge in [0, 0.05) is 18.7 Å². The van der Waals surface area contributed by atoms with Crippen molar-refractivity contribution in [2.45, 2.75) is 19.4 Å². The van der Waals surface area contributed by atoms with Crippen molar-refractivity contribution >= 4 is 17.9 Å². The first kappa shape index (κ1) is 17.3. The van der Waals surface area contributed by atoms with Crippen LogP contribution in [0.3, 0.4) is 0 Å². The highest BCUT2D eigenvalue weighted by molar-refractivity contribution is 5.93. The summed E-state index contributed by atoms with van der Waals surface area (Å²) in [6.45, 7) is 0.392. The van der Waals surface area contributed by atoms with E-state index < -0.39 is 5.91 Å². The molecule has 2 aromatic rings. The highest BCUT2D eigenvalue weighted by atomic mass is 16.6. The number of aromatic nitrogens is 5. The Kier molecular flexibility index (Phi) is 4.44. The molecule has 0 spiro atoms. The topological polar surface area (TPSA) is 140 Å². The highest BCUT2D eigenvalue weighted by Crippen LogP contribution is 2.42. The zero-order chi connectivity index (χ0) is 19.0. The second kappa shape index (κ2) is 6.91. The summed E-state index contributed by atoms with van der Waals surface area (Å²) in [4.78, 5) is 14.5. The van der Waals surface area contributed by atoms with E-state index in [2.05, 4.69) is 47.9 Å². The number of amides is 1. The van der Waals surface area contributed by atoms with Crippen LogP contribution < -0.4 is 11.2 Å². The molecule has 27 heavy (non-hydrogen) atoms. The van der Waals surface area contributed by atoms with E-state index in [9.17, 15) is 4.79 Å². The minimum absolute atomic E-state index is 0.0641. The van der Waals surface area contributed by atoms with Crippen LogP contribution in [0.1, 0.15) is 29.0 Å². The average Bonchev–Trinajstić information content (AvgIpc) is 3.38. The Balaban J connectivity index is 1.52. The number of hydrazone groups is 1. The number of nitrogens with one attached hydrogen (secondary N) is 1. The highest BCUT2D eigenvalue weighted by Gasteiger charge is 2.34. The summed E-state index contributed by atoms with van der Waals surface area (Å²) in [5.74, 6) is 1.37. The van der Waals surface area contributed by atoms with Crippen LogP contribution in [-0.4, -0.2) is 56.4 Å². The third kappa shape index (κ3) is 3.33. The Hall–Kier alpha value is -3.08. The second-order valence-electron chi connectivity index (χ2n) is 7.17. The molecule has 0 saturated heterocycles. The first-order valence-corrected chi connectivity index (χ1v) is 8.72. The molecule has 0 radical (unpaired) electrons. The predicted octanol–water partition coefficient (Wildman–Crippen LogP) is 0.222. The molecule has 1 fully saturated rings. The third-order valence-corrected chi connectivity index (χ3v) is 4.90. The van der Waals surface area contributed by atoms with Crippen LogP contribution in [0.2, 0.25) is 0 Å². The lowest BCUT2D eigenvalue weighted by Gasteiger charge is -2.12. The number of anilines is 1. The summed E-state index contributed by atoms with van der Waals surface area (Å²) < 4.78 is 5.97. The van der Waals surface area contributed by atoms with Gasteiger partial charge in [-0.25, -0.2) is 10.1 Å². The maximum Gasteiger partial charge on any atom is 0.293 e. The quantitative estimate of drug-likeness (QED) is 0.417. The molecule has 3 N–H and O–H groups in total. The minimum atomic E-state index is -0.442. The smallest absolute Gasteiger partial charge is 0.293 e. The van der Waals surface area contributed by atoms with Crippen molar-refractivity contribution in [3.63, 3.8) is 0 Å². The summed E-state index contributed by atoms with van der Waals surface area (Å²) >= 11 is 0. The largest absolute Gasteiger partial charge is 0.378 e. The molecule has 3 unspecified atom stereocenters. The molecule has 0 aliphatic heterocycles. The number of hydrogen-bond acceptors (Lipinski definition) is 9. The van der Waals surface area contributed by atoms with Gasteiger partial charge in [0.1, 0.15) is 0 Å². The molecule has 2 aliphatic carbocycles. The van der Waals surface area contributed by atoms with Crippen molar-refractivity contribution < 1.29 is 9.42 Å². The first-order chi connectivity index (χ1) is 13.0. The zero-order valence-corrected chi connectivity index (χ0v) is 15.1. The van der Waals surface area contributed by atoms with Crippen molar-refractivity contribution in [2.24, 2.45) is 22.9 Å². The van der Waals surface area contributed by atoms with E-state index in [0.29, 0.717) is 30.0 Å². The van der Waals surface area contributed by atoms with Crippen LogP contribution in [0, 0.1) is 17.8 Å². The van der Waals surface area contributed by atoms with E-state index in [0.717, 1.165) is 6.42 Å². The predicted molar refractivity (Wildman–Crippen MR) is 95.8 cm³/mol. The molecule has 142 valence electrons. The lowest BCUT2D eigenvalue weighted by Crippen LogP contribution is -2.24. The summed E-state index contributed by atoms with van der Waals surface area (Å²) in [6.07, 6.45) is 8.59. The molecular formula is C16H21N9O2. The maximum absolute atomic E-state index is 12.6. The molecule has 2 aromatic heterocycles. The molecule has 11 heteroatoms. The minimum Gasteiger partial charge on any atom is -0.378 e. The number of allylic oxidation sites excluding steroid dienone is 2. The van der Waals surface area contributed by atoms with Crippen molar-refractivity contribution in [2.75, 3.05) is 19.8 Å². The third-order valence-electron chi connectivity index (χ3n) is 4.90. The van der Waals surface area contributed by atoms with Gasteiger partial charge in [-0.3, -0.25) is 4.79 Å². The Morgan fingerprint density at radius 2 is 2.30 bits per heavy atom. The number of nitrogens with two attached hydrogens (primary N) is 1. The van der Waals surface area contributed by atoms with E-state index in [-0.39, 0.29) is 17.3 Å². The van der Waals surface area contributed by atoms with E-state index in [1.165, 1.54) is 11.1 Å². The number of fused-ring (bicyclic) bond motifs is 2. The lowest BCUT2D eigenvalue weighted by atomic mass is 9.95. The maximum atomic E-state index is 12.6. The average molecular weight is 371 g/mol. The molecule has 2 aliphatic rings. The van der Waals surface area contributed by atoms with E-state index in [4.69, 9.17) is 5.73 Å². The normalized spacial score (nSPS) is 23.7. The monoisotopic (exact) mass is 371 g/mol. The summed E-state index contributed by atoms with van der Waals surface area (Å²) in [5, 5.41) is 19.4. The number of carbonyl (C=O) groups excluding carboxylic acids is 1. The lowest BCUT2D eigenvalue weighted by molar-refractivity contribution is 0.0948. The van der Waals surface area contributed by atoms with Crippen LogP contribution >= 0.6 is 0 Å². The van der Waals surface area contributed by atoms with Gasteiger partial charge in [0.25, 0.3) is 5.91 Å². The van der Waals surface area contributed by atoms with E-state index in [1.807, 2.05) is 25.2 Å². The second-order valence-corrected chi connectivity index (χ2v) is 7.17. The Labute approximate surface area is 155 Å². The van der Waals surface area contributed by atoms with Crippen LogP contribution in [-0.2, 0) is 6.54 Å². The van der Waals surface area contributed by atoms with Crippen LogP contribution in [0.4, 0.5) is 5.82 Å². The molecular weight excluding hydrogens is 350 g/mol. The van der Waals surface area contributed by atoms with Crippen LogP contribution in [0.25, 0.3) is 5.82 Å². The van der Waals surface area contributed by atoms with Gasteiger partial charge in [0.05, 0.1) is 5.69 Å². The molecule has 2 bridgehead atoms. The Morgan fingerprint density at radius 1 is 1.44 bits per heavy atom. The van der Waals surface area contributed by atoms with E-state index >= 15 is 0 Å². The van der Waals surface area contributed by atoms with Gasteiger partial charge in [-0.05, 0) is 49.1 Å². The number of hydrogen-bond donors (Lipinski definition) is 2. The van der Waals surface area contributed by atoms with Crippen LogP contribution in [0.5, 0.6) is 0 Å². The molecule has 4 rings (SSSR count). The van der Waals surface area contributed by atoms with Gasteiger partial charge in [0.2, 0.25) is 11.6 Å². The van der Waals surface area contributed by atoms with Gasteiger partial charge < -0.3 is 10.6 Å².